The standard InChI is InChI=1S/C8H5ClN2O.C7H13N/c9-8-7-5(1-2-10-8)3-6(4-12)11-7;1-8(2)7-4-3-6(7)5-7/h1-4,11H;6H,3-5H2,1-2H3. The number of hydrogen-bond donors (Lipinski definition) is 1. The molecule has 106 valence electrons. The highest BCUT2D eigenvalue weighted by Gasteiger charge is 2.62. The predicted octanol–water partition coefficient (Wildman–Crippen LogP) is 3.13. The van der Waals surface area contributed by atoms with Crippen molar-refractivity contribution in [1.29, 1.82) is 0 Å². The lowest BCUT2D eigenvalue weighted by molar-refractivity contribution is 0.112. The van der Waals surface area contributed by atoms with Crippen LogP contribution in [0.5, 0.6) is 0 Å². The molecular formula is C15H18ClN3O. The molecule has 0 aliphatic heterocycles. The lowest BCUT2D eigenvalue weighted by Gasteiger charge is -2.32. The Morgan fingerprint density at radius 3 is 2.75 bits per heavy atom. The Labute approximate surface area is 123 Å². The molecule has 2 aromatic heterocycles. The van der Waals surface area contributed by atoms with Crippen LogP contribution in [0.1, 0.15) is 29.8 Å². The Kier molecular flexibility index (Phi) is 3.30. The first-order chi connectivity index (χ1) is 9.56. The van der Waals surface area contributed by atoms with Gasteiger partial charge in [-0.25, -0.2) is 4.98 Å². The Bertz CT molecular complexity index is 648. The third-order valence-corrected chi connectivity index (χ3v) is 4.95. The van der Waals surface area contributed by atoms with E-state index in [1.807, 2.05) is 0 Å². The van der Waals surface area contributed by atoms with Crippen LogP contribution in [0.25, 0.3) is 10.9 Å². The Balaban J connectivity index is 0.000000131. The van der Waals surface area contributed by atoms with Gasteiger partial charge in [0.05, 0.1) is 11.2 Å². The summed E-state index contributed by atoms with van der Waals surface area (Å²) in [6, 6.07) is 3.53. The van der Waals surface area contributed by atoms with Crippen LogP contribution >= 0.6 is 11.6 Å². The predicted molar refractivity (Wildman–Crippen MR) is 80.3 cm³/mol. The van der Waals surface area contributed by atoms with Crippen molar-refractivity contribution in [2.24, 2.45) is 5.92 Å². The number of nitrogens with one attached hydrogen (secondary N) is 1. The van der Waals surface area contributed by atoms with Crippen molar-refractivity contribution < 1.29 is 4.79 Å². The zero-order valence-corrected chi connectivity index (χ0v) is 12.4. The van der Waals surface area contributed by atoms with Crippen molar-refractivity contribution in [3.63, 3.8) is 0 Å². The van der Waals surface area contributed by atoms with Crippen molar-refractivity contribution in [1.82, 2.24) is 14.9 Å². The summed E-state index contributed by atoms with van der Waals surface area (Å²) in [6.45, 7) is 0. The van der Waals surface area contributed by atoms with Crippen LogP contribution in [-0.2, 0) is 0 Å². The molecule has 2 saturated carbocycles. The second-order valence-electron chi connectivity index (χ2n) is 5.85. The van der Waals surface area contributed by atoms with Crippen LogP contribution in [0.2, 0.25) is 5.15 Å². The highest BCUT2D eigenvalue weighted by molar-refractivity contribution is 6.33. The zero-order chi connectivity index (χ0) is 14.3. The normalized spacial score (nSPS) is 26.5. The number of aromatic nitrogens is 2. The summed E-state index contributed by atoms with van der Waals surface area (Å²) in [5.41, 5.74) is 1.95. The van der Waals surface area contributed by atoms with Crippen molar-refractivity contribution in [2.75, 3.05) is 14.1 Å². The topological polar surface area (TPSA) is 49.0 Å². The molecular weight excluding hydrogens is 274 g/mol. The molecule has 0 saturated heterocycles. The van der Waals surface area contributed by atoms with E-state index in [-0.39, 0.29) is 0 Å². The molecule has 2 heterocycles. The number of nitrogens with zero attached hydrogens (tertiary/aromatic N) is 2. The van der Waals surface area contributed by atoms with Gasteiger partial charge in [-0.05, 0) is 51.4 Å². The molecule has 0 aromatic carbocycles. The Hall–Kier alpha value is -1.39. The van der Waals surface area contributed by atoms with E-state index in [9.17, 15) is 4.79 Å². The fourth-order valence-corrected chi connectivity index (χ4v) is 3.34. The van der Waals surface area contributed by atoms with Crippen molar-refractivity contribution in [3.8, 4) is 0 Å². The van der Waals surface area contributed by atoms with E-state index in [1.54, 1.807) is 18.3 Å². The van der Waals surface area contributed by atoms with Crippen LogP contribution in [0.15, 0.2) is 18.3 Å². The molecule has 2 unspecified atom stereocenters. The largest absolute Gasteiger partial charge is 0.350 e. The first-order valence-corrected chi connectivity index (χ1v) is 7.20. The minimum Gasteiger partial charge on any atom is -0.350 e. The van der Waals surface area contributed by atoms with E-state index in [4.69, 9.17) is 11.6 Å². The third kappa shape index (κ3) is 2.13. The van der Waals surface area contributed by atoms with Gasteiger partial charge < -0.3 is 9.88 Å². The summed E-state index contributed by atoms with van der Waals surface area (Å²) in [5, 5.41) is 1.29. The minimum atomic E-state index is 0.389. The van der Waals surface area contributed by atoms with Crippen LogP contribution in [-0.4, -0.2) is 40.8 Å². The number of fused-ring (bicyclic) bond motifs is 2. The van der Waals surface area contributed by atoms with Gasteiger partial charge in [-0.2, -0.15) is 0 Å². The first kappa shape index (κ1) is 13.6. The average Bonchev–Trinajstić information content (AvgIpc) is 2.79. The maximum absolute atomic E-state index is 10.4. The Morgan fingerprint density at radius 2 is 2.35 bits per heavy atom. The maximum Gasteiger partial charge on any atom is 0.166 e. The van der Waals surface area contributed by atoms with Crippen LogP contribution in [0, 0.1) is 5.92 Å². The van der Waals surface area contributed by atoms with Crippen molar-refractivity contribution in [2.45, 2.75) is 24.8 Å². The summed E-state index contributed by atoms with van der Waals surface area (Å²) in [4.78, 5) is 19.5. The number of rotatable bonds is 2. The molecule has 1 N–H and O–H groups in total. The van der Waals surface area contributed by atoms with Gasteiger partial charge in [0.1, 0.15) is 0 Å². The molecule has 0 amide bonds. The van der Waals surface area contributed by atoms with E-state index < -0.39 is 0 Å². The van der Waals surface area contributed by atoms with Gasteiger partial charge in [0.2, 0.25) is 0 Å². The fraction of sp³-hybridized carbons (Fsp3) is 0.467. The number of carbonyl (C=O) groups excluding carboxylic acids is 1. The molecule has 0 radical (unpaired) electrons. The summed E-state index contributed by atoms with van der Waals surface area (Å²) in [7, 11) is 4.42. The van der Waals surface area contributed by atoms with Gasteiger partial charge >= 0.3 is 0 Å². The second-order valence-corrected chi connectivity index (χ2v) is 6.20. The highest BCUT2D eigenvalue weighted by Crippen LogP contribution is 2.62. The number of hydrogen-bond acceptors (Lipinski definition) is 3. The average molecular weight is 292 g/mol. The number of halogens is 1. The maximum atomic E-state index is 10.4. The molecule has 2 atom stereocenters. The van der Waals surface area contributed by atoms with E-state index in [1.165, 1.54) is 19.3 Å². The van der Waals surface area contributed by atoms with E-state index >= 15 is 0 Å². The molecule has 4 rings (SSSR count). The molecule has 20 heavy (non-hydrogen) atoms. The second kappa shape index (κ2) is 4.86. The summed E-state index contributed by atoms with van der Waals surface area (Å²) in [5.74, 6) is 1.09. The van der Waals surface area contributed by atoms with Crippen LogP contribution in [0.4, 0.5) is 0 Å². The number of carbonyl (C=O) groups is 1. The lowest BCUT2D eigenvalue weighted by Crippen LogP contribution is -2.37. The van der Waals surface area contributed by atoms with Gasteiger partial charge in [0, 0.05) is 17.1 Å². The quantitative estimate of drug-likeness (QED) is 0.683. The summed E-state index contributed by atoms with van der Waals surface area (Å²) >= 11 is 5.77. The van der Waals surface area contributed by atoms with Gasteiger partial charge in [-0.15, -0.1) is 0 Å². The monoisotopic (exact) mass is 291 g/mol. The third-order valence-electron chi connectivity index (χ3n) is 4.66. The van der Waals surface area contributed by atoms with Crippen molar-refractivity contribution in [3.05, 3.63) is 29.2 Å². The molecule has 0 bridgehead atoms. The van der Waals surface area contributed by atoms with Gasteiger partial charge in [-0.1, -0.05) is 11.6 Å². The minimum absolute atomic E-state index is 0.389. The van der Waals surface area contributed by atoms with Gasteiger partial charge in [-0.3, -0.25) is 4.79 Å². The number of aldehydes is 1. The summed E-state index contributed by atoms with van der Waals surface area (Å²) < 4.78 is 0. The van der Waals surface area contributed by atoms with Crippen LogP contribution in [0.3, 0.4) is 0 Å². The SMILES string of the molecule is CN(C)C12CCC1C2.O=Cc1cc2ccnc(Cl)c2[nH]1. The molecule has 2 aliphatic carbocycles. The molecule has 2 aliphatic rings. The van der Waals surface area contributed by atoms with E-state index in [0.717, 1.165) is 23.1 Å². The highest BCUT2D eigenvalue weighted by atomic mass is 35.5. The van der Waals surface area contributed by atoms with E-state index in [2.05, 4.69) is 29.0 Å². The van der Waals surface area contributed by atoms with Crippen molar-refractivity contribution >= 4 is 28.8 Å². The number of H-pyrrole nitrogens is 1. The first-order valence-electron chi connectivity index (χ1n) is 6.82. The summed E-state index contributed by atoms with van der Waals surface area (Å²) in [6.07, 6.45) is 6.80. The Morgan fingerprint density at radius 1 is 1.55 bits per heavy atom. The van der Waals surface area contributed by atoms with Gasteiger partial charge in [0.25, 0.3) is 0 Å². The van der Waals surface area contributed by atoms with E-state index in [0.29, 0.717) is 16.4 Å². The zero-order valence-electron chi connectivity index (χ0n) is 11.7. The number of pyridine rings is 1. The van der Waals surface area contributed by atoms with Gasteiger partial charge in [0.15, 0.2) is 11.4 Å². The molecule has 4 nitrogen and oxygen atoms in total. The molecule has 2 fully saturated rings. The molecule has 0 spiro atoms. The number of aromatic amines is 1. The molecule has 5 heteroatoms. The smallest absolute Gasteiger partial charge is 0.166 e. The van der Waals surface area contributed by atoms with Crippen LogP contribution < -0.4 is 0 Å². The lowest BCUT2D eigenvalue weighted by atomic mass is 9.92. The fourth-order valence-electron chi connectivity index (χ4n) is 3.13. The molecule has 2 aromatic rings.